The predicted octanol–water partition coefficient (Wildman–Crippen LogP) is 0.346. The number of hydrogen-bond acceptors (Lipinski definition) is 5. The Balaban J connectivity index is 1.61. The van der Waals surface area contributed by atoms with Gasteiger partial charge in [0.15, 0.2) is 11.5 Å². The molecule has 0 radical (unpaired) electrons. The molecule has 118 valence electrons. The third-order valence-electron chi connectivity index (χ3n) is 3.81. The number of nitrogens with zero attached hydrogens (tertiary/aromatic N) is 2. The molecule has 1 saturated heterocycles. The Kier molecular flexibility index (Phi) is 4.15. The first-order valence-electron chi connectivity index (χ1n) is 7.14. The quantitative estimate of drug-likeness (QED) is 0.806. The van der Waals surface area contributed by atoms with Gasteiger partial charge < -0.3 is 24.0 Å². The number of carbonyl (C=O) groups is 2. The Bertz CT molecular complexity index is 581. The van der Waals surface area contributed by atoms with Crippen molar-refractivity contribution in [1.29, 1.82) is 0 Å². The summed E-state index contributed by atoms with van der Waals surface area (Å²) in [4.78, 5) is 27.7. The van der Waals surface area contributed by atoms with E-state index in [1.54, 1.807) is 28.0 Å². The maximum Gasteiger partial charge on any atom is 0.254 e. The van der Waals surface area contributed by atoms with E-state index in [2.05, 4.69) is 0 Å². The molecule has 0 saturated carbocycles. The van der Waals surface area contributed by atoms with Crippen LogP contribution in [0, 0.1) is 0 Å². The van der Waals surface area contributed by atoms with Crippen molar-refractivity contribution in [2.45, 2.75) is 0 Å². The van der Waals surface area contributed by atoms with Gasteiger partial charge in [0.05, 0.1) is 0 Å². The van der Waals surface area contributed by atoms with Crippen molar-refractivity contribution in [2.24, 2.45) is 0 Å². The SMILES string of the molecule is COCC(=O)N1CCN(C(=O)c2ccc3c(c2)OCO3)CC1. The van der Waals surface area contributed by atoms with Crippen molar-refractivity contribution in [3.63, 3.8) is 0 Å². The van der Waals surface area contributed by atoms with E-state index >= 15 is 0 Å². The van der Waals surface area contributed by atoms with E-state index in [0.29, 0.717) is 43.2 Å². The van der Waals surface area contributed by atoms with Gasteiger partial charge >= 0.3 is 0 Å². The number of piperazine rings is 1. The van der Waals surface area contributed by atoms with Gasteiger partial charge in [-0.2, -0.15) is 0 Å². The van der Waals surface area contributed by atoms with E-state index in [1.165, 1.54) is 7.11 Å². The molecule has 7 nitrogen and oxygen atoms in total. The van der Waals surface area contributed by atoms with Crippen molar-refractivity contribution in [1.82, 2.24) is 9.80 Å². The monoisotopic (exact) mass is 306 g/mol. The molecule has 0 atom stereocenters. The number of benzene rings is 1. The number of amides is 2. The molecular weight excluding hydrogens is 288 g/mol. The smallest absolute Gasteiger partial charge is 0.254 e. The average Bonchev–Trinajstić information content (AvgIpc) is 3.02. The maximum atomic E-state index is 12.5. The molecule has 22 heavy (non-hydrogen) atoms. The van der Waals surface area contributed by atoms with Crippen LogP contribution in [-0.2, 0) is 9.53 Å². The second-order valence-corrected chi connectivity index (χ2v) is 5.17. The summed E-state index contributed by atoms with van der Waals surface area (Å²) in [6.45, 7) is 2.35. The lowest BCUT2D eigenvalue weighted by molar-refractivity contribution is -0.136. The van der Waals surface area contributed by atoms with Gasteiger partial charge in [0.25, 0.3) is 5.91 Å². The topological polar surface area (TPSA) is 68.3 Å². The lowest BCUT2D eigenvalue weighted by atomic mass is 10.1. The van der Waals surface area contributed by atoms with E-state index in [4.69, 9.17) is 14.2 Å². The molecular formula is C15H18N2O5. The highest BCUT2D eigenvalue weighted by molar-refractivity contribution is 5.95. The van der Waals surface area contributed by atoms with Crippen LogP contribution in [0.2, 0.25) is 0 Å². The summed E-state index contributed by atoms with van der Waals surface area (Å²) >= 11 is 0. The first-order chi connectivity index (χ1) is 10.7. The van der Waals surface area contributed by atoms with Crippen LogP contribution in [-0.4, -0.2) is 68.3 Å². The lowest BCUT2D eigenvalue weighted by Crippen LogP contribution is -2.51. The summed E-state index contributed by atoms with van der Waals surface area (Å²) in [7, 11) is 1.50. The molecule has 1 aromatic carbocycles. The van der Waals surface area contributed by atoms with Crippen molar-refractivity contribution in [3.8, 4) is 11.5 Å². The molecule has 1 aromatic rings. The van der Waals surface area contributed by atoms with Gasteiger partial charge in [-0.3, -0.25) is 9.59 Å². The fraction of sp³-hybridized carbons (Fsp3) is 0.467. The fourth-order valence-electron chi connectivity index (χ4n) is 2.59. The second-order valence-electron chi connectivity index (χ2n) is 5.17. The second kappa shape index (κ2) is 6.23. The molecule has 0 bridgehead atoms. The third-order valence-corrected chi connectivity index (χ3v) is 3.81. The highest BCUT2D eigenvalue weighted by atomic mass is 16.7. The Morgan fingerprint density at radius 3 is 2.50 bits per heavy atom. The summed E-state index contributed by atoms with van der Waals surface area (Å²) < 4.78 is 15.4. The standard InChI is InChI=1S/C15H18N2O5/c1-20-9-14(18)16-4-6-17(7-5-16)15(19)11-2-3-12-13(8-11)22-10-21-12/h2-3,8H,4-7,9-10H2,1H3. The van der Waals surface area contributed by atoms with Crippen LogP contribution in [0.3, 0.4) is 0 Å². The molecule has 0 aliphatic carbocycles. The summed E-state index contributed by atoms with van der Waals surface area (Å²) in [5.41, 5.74) is 0.570. The van der Waals surface area contributed by atoms with E-state index in [-0.39, 0.29) is 25.2 Å². The molecule has 7 heteroatoms. The van der Waals surface area contributed by atoms with Gasteiger partial charge in [0, 0.05) is 38.9 Å². The van der Waals surface area contributed by atoms with Gasteiger partial charge in [-0.15, -0.1) is 0 Å². The zero-order valence-electron chi connectivity index (χ0n) is 12.4. The first kappa shape index (κ1) is 14.6. The van der Waals surface area contributed by atoms with Crippen LogP contribution in [0.15, 0.2) is 18.2 Å². The van der Waals surface area contributed by atoms with E-state index in [0.717, 1.165) is 0 Å². The first-order valence-corrected chi connectivity index (χ1v) is 7.14. The summed E-state index contributed by atoms with van der Waals surface area (Å²) in [5.74, 6) is 1.15. The highest BCUT2D eigenvalue weighted by Crippen LogP contribution is 2.32. The number of ether oxygens (including phenoxy) is 3. The molecule has 0 aromatic heterocycles. The molecule has 2 aliphatic rings. The van der Waals surface area contributed by atoms with Crippen molar-refractivity contribution in [3.05, 3.63) is 23.8 Å². The Hall–Kier alpha value is -2.28. The van der Waals surface area contributed by atoms with Crippen LogP contribution < -0.4 is 9.47 Å². The maximum absolute atomic E-state index is 12.5. The largest absolute Gasteiger partial charge is 0.454 e. The number of rotatable bonds is 3. The van der Waals surface area contributed by atoms with Gasteiger partial charge in [0.1, 0.15) is 6.61 Å². The molecule has 3 rings (SSSR count). The Morgan fingerprint density at radius 2 is 1.77 bits per heavy atom. The molecule has 0 spiro atoms. The summed E-state index contributed by atoms with van der Waals surface area (Å²) in [6.07, 6.45) is 0. The van der Waals surface area contributed by atoms with Crippen LogP contribution in [0.1, 0.15) is 10.4 Å². The van der Waals surface area contributed by atoms with E-state index in [9.17, 15) is 9.59 Å². The van der Waals surface area contributed by atoms with Crippen LogP contribution in [0.5, 0.6) is 11.5 Å². The van der Waals surface area contributed by atoms with Crippen molar-refractivity contribution >= 4 is 11.8 Å². The molecule has 0 N–H and O–H groups in total. The number of hydrogen-bond donors (Lipinski definition) is 0. The van der Waals surface area contributed by atoms with Gasteiger partial charge in [-0.1, -0.05) is 0 Å². The highest BCUT2D eigenvalue weighted by Gasteiger charge is 2.25. The molecule has 2 heterocycles. The zero-order valence-corrected chi connectivity index (χ0v) is 12.4. The molecule has 2 aliphatic heterocycles. The van der Waals surface area contributed by atoms with E-state index < -0.39 is 0 Å². The molecule has 2 amide bonds. The number of fused-ring (bicyclic) bond motifs is 1. The normalized spacial score (nSPS) is 16.8. The fourth-order valence-corrected chi connectivity index (χ4v) is 2.59. The Labute approximate surface area is 128 Å². The number of methoxy groups -OCH3 is 1. The minimum absolute atomic E-state index is 0.0438. The van der Waals surface area contributed by atoms with Gasteiger partial charge in [-0.25, -0.2) is 0 Å². The summed E-state index contributed by atoms with van der Waals surface area (Å²) in [5, 5.41) is 0. The molecule has 1 fully saturated rings. The predicted molar refractivity (Wildman–Crippen MR) is 76.9 cm³/mol. The minimum Gasteiger partial charge on any atom is -0.454 e. The molecule has 0 unspecified atom stereocenters. The van der Waals surface area contributed by atoms with Gasteiger partial charge in [0.2, 0.25) is 12.7 Å². The van der Waals surface area contributed by atoms with Gasteiger partial charge in [-0.05, 0) is 18.2 Å². The van der Waals surface area contributed by atoms with Crippen molar-refractivity contribution in [2.75, 3.05) is 46.7 Å². The van der Waals surface area contributed by atoms with Crippen molar-refractivity contribution < 1.29 is 23.8 Å². The zero-order chi connectivity index (χ0) is 15.5. The average molecular weight is 306 g/mol. The third kappa shape index (κ3) is 2.85. The Morgan fingerprint density at radius 1 is 1.09 bits per heavy atom. The van der Waals surface area contributed by atoms with E-state index in [1.807, 2.05) is 0 Å². The summed E-state index contributed by atoms with van der Waals surface area (Å²) in [6, 6.07) is 5.18. The number of carbonyl (C=O) groups excluding carboxylic acids is 2. The minimum atomic E-state index is -0.0582. The lowest BCUT2D eigenvalue weighted by Gasteiger charge is -2.34. The van der Waals surface area contributed by atoms with Crippen LogP contribution in [0.25, 0.3) is 0 Å². The van der Waals surface area contributed by atoms with Crippen LogP contribution in [0.4, 0.5) is 0 Å². The van der Waals surface area contributed by atoms with Crippen LogP contribution >= 0.6 is 0 Å².